The number of halogens is 1. The van der Waals surface area contributed by atoms with Gasteiger partial charge in [-0.3, -0.25) is 10.1 Å². The van der Waals surface area contributed by atoms with E-state index in [-0.39, 0.29) is 30.7 Å². The molecular weight excluding hydrogens is 399 g/mol. The maximum atomic E-state index is 13.8. The molecule has 1 amide bonds. The molecule has 158 valence electrons. The van der Waals surface area contributed by atoms with Crippen molar-refractivity contribution in [2.24, 2.45) is 0 Å². The molecule has 0 atom stereocenters. The maximum absolute atomic E-state index is 13.8. The first kappa shape index (κ1) is 20.3. The van der Waals surface area contributed by atoms with Gasteiger partial charge in [0.2, 0.25) is 5.95 Å². The lowest BCUT2D eigenvalue weighted by atomic mass is 10.2. The number of carbonyl (C=O) groups is 1. The highest BCUT2D eigenvalue weighted by molar-refractivity contribution is 6.01. The molecule has 0 aliphatic rings. The molecule has 0 aliphatic carbocycles. The molecule has 4 rings (SSSR count). The number of carbonyl (C=O) groups excluding carboxylic acids is 1. The first-order valence-corrected chi connectivity index (χ1v) is 9.85. The van der Waals surface area contributed by atoms with Crippen LogP contribution in [0.15, 0.2) is 71.4 Å². The molecule has 0 bridgehead atoms. The highest BCUT2D eigenvalue weighted by Gasteiger charge is 2.14. The second kappa shape index (κ2) is 9.25. The number of furan rings is 1. The van der Waals surface area contributed by atoms with Crippen LogP contribution < -0.4 is 10.1 Å². The van der Waals surface area contributed by atoms with E-state index < -0.39 is 5.91 Å². The molecule has 2 heterocycles. The number of benzene rings is 2. The quantitative estimate of drug-likeness (QED) is 0.455. The molecular formula is C23H21FN4O3. The number of anilines is 1. The monoisotopic (exact) mass is 420 g/mol. The van der Waals surface area contributed by atoms with Crippen molar-refractivity contribution in [3.05, 3.63) is 95.5 Å². The number of amides is 1. The Bertz CT molecular complexity index is 1170. The average Bonchev–Trinajstić information content (AvgIpc) is 3.44. The van der Waals surface area contributed by atoms with Gasteiger partial charge in [0.05, 0.1) is 6.54 Å². The summed E-state index contributed by atoms with van der Waals surface area (Å²) in [6, 6.07) is 17.5. The molecule has 7 nitrogen and oxygen atoms in total. The second-order valence-corrected chi connectivity index (χ2v) is 6.86. The van der Waals surface area contributed by atoms with Crippen molar-refractivity contribution in [1.29, 1.82) is 0 Å². The van der Waals surface area contributed by atoms with Crippen molar-refractivity contribution >= 4 is 11.9 Å². The van der Waals surface area contributed by atoms with E-state index in [2.05, 4.69) is 22.3 Å². The van der Waals surface area contributed by atoms with E-state index in [9.17, 15) is 9.18 Å². The van der Waals surface area contributed by atoms with Gasteiger partial charge in [-0.15, -0.1) is 5.10 Å². The van der Waals surface area contributed by atoms with Crippen LogP contribution in [0.2, 0.25) is 0 Å². The normalized spacial score (nSPS) is 10.8. The largest absolute Gasteiger partial charge is 0.486 e. The Morgan fingerprint density at radius 2 is 1.94 bits per heavy atom. The number of ether oxygens (including phenoxy) is 1. The molecule has 1 N–H and O–H groups in total. The lowest BCUT2D eigenvalue weighted by Gasteiger charge is -2.05. The fourth-order valence-electron chi connectivity index (χ4n) is 2.95. The van der Waals surface area contributed by atoms with E-state index in [1.54, 1.807) is 30.3 Å². The predicted octanol–water partition coefficient (Wildman–Crippen LogP) is 4.45. The van der Waals surface area contributed by atoms with Crippen LogP contribution in [0.4, 0.5) is 10.3 Å². The van der Waals surface area contributed by atoms with Crippen LogP contribution in [-0.4, -0.2) is 20.7 Å². The van der Waals surface area contributed by atoms with E-state index in [0.29, 0.717) is 11.3 Å². The SMILES string of the molecule is CCc1ccc(OCc2ccc(C(=O)Nc3ncn(Cc4ccccc4F)n3)o2)cc1. The highest BCUT2D eigenvalue weighted by Crippen LogP contribution is 2.16. The van der Waals surface area contributed by atoms with Gasteiger partial charge in [-0.1, -0.05) is 37.3 Å². The number of rotatable bonds is 8. The van der Waals surface area contributed by atoms with E-state index >= 15 is 0 Å². The third-order valence-corrected chi connectivity index (χ3v) is 4.65. The van der Waals surface area contributed by atoms with Crippen LogP contribution in [-0.2, 0) is 19.6 Å². The van der Waals surface area contributed by atoms with Crippen LogP contribution in [0.1, 0.15) is 34.4 Å². The summed E-state index contributed by atoms with van der Waals surface area (Å²) in [5, 5.41) is 6.72. The summed E-state index contributed by atoms with van der Waals surface area (Å²) < 4.78 is 26.5. The van der Waals surface area contributed by atoms with Crippen LogP contribution in [0.25, 0.3) is 0 Å². The molecule has 0 fully saturated rings. The van der Waals surface area contributed by atoms with Crippen molar-refractivity contribution in [3.8, 4) is 5.75 Å². The summed E-state index contributed by atoms with van der Waals surface area (Å²) in [5.74, 6) is 0.654. The highest BCUT2D eigenvalue weighted by atomic mass is 19.1. The molecule has 0 spiro atoms. The molecule has 31 heavy (non-hydrogen) atoms. The Kier molecular flexibility index (Phi) is 6.07. The summed E-state index contributed by atoms with van der Waals surface area (Å²) in [6.07, 6.45) is 2.39. The number of hydrogen-bond acceptors (Lipinski definition) is 5. The Morgan fingerprint density at radius 3 is 2.71 bits per heavy atom. The number of nitrogens with zero attached hydrogens (tertiary/aromatic N) is 3. The van der Waals surface area contributed by atoms with Crippen molar-refractivity contribution < 1.29 is 18.3 Å². The Balaban J connectivity index is 1.32. The summed E-state index contributed by atoms with van der Waals surface area (Å²) in [4.78, 5) is 16.4. The minimum atomic E-state index is -0.484. The molecule has 2 aromatic heterocycles. The molecule has 0 unspecified atom stereocenters. The van der Waals surface area contributed by atoms with Crippen molar-refractivity contribution in [3.63, 3.8) is 0 Å². The molecule has 0 radical (unpaired) electrons. The van der Waals surface area contributed by atoms with E-state index in [4.69, 9.17) is 9.15 Å². The van der Waals surface area contributed by atoms with Crippen LogP contribution in [0.5, 0.6) is 5.75 Å². The van der Waals surface area contributed by atoms with Gasteiger partial charge in [0.1, 0.15) is 30.3 Å². The van der Waals surface area contributed by atoms with Gasteiger partial charge in [-0.2, -0.15) is 0 Å². The lowest BCUT2D eigenvalue weighted by Crippen LogP contribution is -2.12. The Labute approximate surface area is 178 Å². The summed E-state index contributed by atoms with van der Waals surface area (Å²) in [6.45, 7) is 2.50. The number of nitrogens with one attached hydrogen (secondary N) is 1. The average molecular weight is 420 g/mol. The first-order valence-electron chi connectivity index (χ1n) is 9.85. The fraction of sp³-hybridized carbons (Fsp3) is 0.174. The topological polar surface area (TPSA) is 82.2 Å². The molecule has 0 aliphatic heterocycles. The van der Waals surface area contributed by atoms with Crippen molar-refractivity contribution in [2.75, 3.05) is 5.32 Å². The zero-order chi connectivity index (χ0) is 21.6. The number of hydrogen-bond donors (Lipinski definition) is 1. The van der Waals surface area contributed by atoms with E-state index in [1.807, 2.05) is 24.3 Å². The Morgan fingerprint density at radius 1 is 1.13 bits per heavy atom. The standard InChI is InChI=1S/C23H21FN4O3/c1-2-16-7-9-18(10-8-16)30-14-19-11-12-21(31-19)22(29)26-23-25-15-28(27-23)13-17-5-3-4-6-20(17)24/h3-12,15H,2,13-14H2,1H3,(H,26,27,29). The van der Waals surface area contributed by atoms with Crippen molar-refractivity contribution in [2.45, 2.75) is 26.5 Å². The van der Waals surface area contributed by atoms with Gasteiger partial charge >= 0.3 is 0 Å². The first-order chi connectivity index (χ1) is 15.1. The molecule has 0 saturated carbocycles. The third-order valence-electron chi connectivity index (χ3n) is 4.65. The minimum absolute atomic E-state index is 0.103. The fourth-order valence-corrected chi connectivity index (χ4v) is 2.95. The van der Waals surface area contributed by atoms with Gasteiger partial charge in [-0.25, -0.2) is 14.1 Å². The molecule has 8 heteroatoms. The van der Waals surface area contributed by atoms with Crippen LogP contribution in [0.3, 0.4) is 0 Å². The predicted molar refractivity (Wildman–Crippen MR) is 112 cm³/mol. The second-order valence-electron chi connectivity index (χ2n) is 6.86. The van der Waals surface area contributed by atoms with Crippen LogP contribution in [0, 0.1) is 5.82 Å². The van der Waals surface area contributed by atoms with Crippen molar-refractivity contribution in [1.82, 2.24) is 14.8 Å². The van der Waals surface area contributed by atoms with Gasteiger partial charge in [0.15, 0.2) is 5.76 Å². The number of aromatic nitrogens is 3. The number of aryl methyl sites for hydroxylation is 1. The Hall–Kier alpha value is -3.94. The summed E-state index contributed by atoms with van der Waals surface area (Å²) in [7, 11) is 0. The zero-order valence-electron chi connectivity index (χ0n) is 16.9. The molecule has 4 aromatic rings. The summed E-state index contributed by atoms with van der Waals surface area (Å²) >= 11 is 0. The molecule has 0 saturated heterocycles. The smallest absolute Gasteiger partial charge is 0.293 e. The maximum Gasteiger partial charge on any atom is 0.293 e. The summed E-state index contributed by atoms with van der Waals surface area (Å²) in [5.41, 5.74) is 1.71. The third kappa shape index (κ3) is 5.16. The van der Waals surface area contributed by atoms with Crippen LogP contribution >= 0.6 is 0 Å². The van der Waals surface area contributed by atoms with Gasteiger partial charge in [-0.05, 0) is 42.3 Å². The van der Waals surface area contributed by atoms with E-state index in [1.165, 1.54) is 22.6 Å². The minimum Gasteiger partial charge on any atom is -0.486 e. The van der Waals surface area contributed by atoms with Gasteiger partial charge in [0.25, 0.3) is 5.91 Å². The van der Waals surface area contributed by atoms with Gasteiger partial charge < -0.3 is 9.15 Å². The van der Waals surface area contributed by atoms with Gasteiger partial charge in [0, 0.05) is 5.56 Å². The van der Waals surface area contributed by atoms with E-state index in [0.717, 1.165) is 12.2 Å². The lowest BCUT2D eigenvalue weighted by molar-refractivity contribution is 0.0991. The zero-order valence-corrected chi connectivity index (χ0v) is 16.9. The molecule has 2 aromatic carbocycles.